The Morgan fingerprint density at radius 2 is 1.81 bits per heavy atom. The van der Waals surface area contributed by atoms with Crippen molar-refractivity contribution < 1.29 is 13.6 Å². The van der Waals surface area contributed by atoms with E-state index in [0.717, 1.165) is 44.1 Å². The number of halogens is 2. The molecule has 1 aromatic carbocycles. The molecule has 0 saturated carbocycles. The monoisotopic (exact) mass is 424 g/mol. The van der Waals surface area contributed by atoms with Crippen LogP contribution in [0.3, 0.4) is 0 Å². The number of amides is 1. The number of nitrogens with one attached hydrogen (secondary N) is 1. The van der Waals surface area contributed by atoms with E-state index in [2.05, 4.69) is 32.1 Å². The standard InChI is InChI=1S/C22H22F2N6O/c1-29-8-10-30(11-9-29)20-7-3-15(13-26-20)22(31)28-21-18(25)5-6-19(27-21)14-2-4-16(23)17(24)12-14/h2-7,12-13H,8-11,25H2,1H3,(H,27,28,31). The maximum absolute atomic E-state index is 13.6. The minimum absolute atomic E-state index is 0.135. The highest BCUT2D eigenvalue weighted by Crippen LogP contribution is 2.25. The number of benzene rings is 1. The second kappa shape index (κ2) is 8.65. The predicted octanol–water partition coefficient (Wildman–Crippen LogP) is 3.01. The van der Waals surface area contributed by atoms with Crippen LogP contribution in [0, 0.1) is 11.6 Å². The third-order valence-electron chi connectivity index (χ3n) is 5.21. The van der Waals surface area contributed by atoms with E-state index in [0.29, 0.717) is 16.8 Å². The summed E-state index contributed by atoms with van der Waals surface area (Å²) in [6.07, 6.45) is 1.51. The summed E-state index contributed by atoms with van der Waals surface area (Å²) in [7, 11) is 2.08. The number of rotatable bonds is 4. The third kappa shape index (κ3) is 4.61. The minimum Gasteiger partial charge on any atom is -0.396 e. The molecule has 31 heavy (non-hydrogen) atoms. The van der Waals surface area contributed by atoms with E-state index in [1.54, 1.807) is 18.2 Å². The van der Waals surface area contributed by atoms with E-state index >= 15 is 0 Å². The molecule has 0 atom stereocenters. The predicted molar refractivity (Wildman–Crippen MR) is 116 cm³/mol. The van der Waals surface area contributed by atoms with Crippen molar-refractivity contribution in [3.8, 4) is 11.3 Å². The molecule has 7 nitrogen and oxygen atoms in total. The summed E-state index contributed by atoms with van der Waals surface area (Å²) in [6.45, 7) is 3.69. The molecule has 1 fully saturated rings. The summed E-state index contributed by atoms with van der Waals surface area (Å²) in [4.78, 5) is 25.8. The van der Waals surface area contributed by atoms with Crippen LogP contribution >= 0.6 is 0 Å². The number of pyridine rings is 2. The van der Waals surface area contributed by atoms with E-state index in [1.807, 2.05) is 6.07 Å². The highest BCUT2D eigenvalue weighted by Gasteiger charge is 2.17. The van der Waals surface area contributed by atoms with Crippen molar-refractivity contribution in [1.29, 1.82) is 0 Å². The lowest BCUT2D eigenvalue weighted by Gasteiger charge is -2.33. The van der Waals surface area contributed by atoms with Crippen molar-refractivity contribution in [2.75, 3.05) is 49.2 Å². The maximum atomic E-state index is 13.6. The number of likely N-dealkylation sites (N-methyl/N-ethyl adjacent to an activating group) is 1. The van der Waals surface area contributed by atoms with Crippen LogP contribution in [0.25, 0.3) is 11.3 Å². The summed E-state index contributed by atoms with van der Waals surface area (Å²) in [5.41, 5.74) is 7.28. The fourth-order valence-corrected chi connectivity index (χ4v) is 3.31. The Bertz CT molecular complexity index is 1100. The van der Waals surface area contributed by atoms with Gasteiger partial charge >= 0.3 is 0 Å². The molecule has 3 N–H and O–H groups in total. The van der Waals surface area contributed by atoms with Crippen LogP contribution in [0.4, 0.5) is 26.1 Å². The smallest absolute Gasteiger partial charge is 0.258 e. The van der Waals surface area contributed by atoms with Crippen molar-refractivity contribution in [3.05, 3.63) is 65.9 Å². The molecular formula is C22H22F2N6O. The van der Waals surface area contributed by atoms with Gasteiger partial charge in [0.2, 0.25) is 0 Å². The van der Waals surface area contributed by atoms with Gasteiger partial charge < -0.3 is 20.9 Å². The molecule has 2 aromatic heterocycles. The second-order valence-electron chi connectivity index (χ2n) is 7.41. The molecule has 1 aliphatic heterocycles. The van der Waals surface area contributed by atoms with Gasteiger partial charge in [-0.15, -0.1) is 0 Å². The van der Waals surface area contributed by atoms with Crippen molar-refractivity contribution >= 4 is 23.2 Å². The molecule has 4 rings (SSSR count). The maximum Gasteiger partial charge on any atom is 0.258 e. The lowest BCUT2D eigenvalue weighted by Crippen LogP contribution is -2.44. The quantitative estimate of drug-likeness (QED) is 0.670. The molecule has 9 heteroatoms. The van der Waals surface area contributed by atoms with Crippen molar-refractivity contribution in [1.82, 2.24) is 14.9 Å². The number of piperazine rings is 1. The zero-order valence-electron chi connectivity index (χ0n) is 17.0. The summed E-state index contributed by atoms with van der Waals surface area (Å²) >= 11 is 0. The summed E-state index contributed by atoms with van der Waals surface area (Å²) in [5, 5.41) is 2.66. The number of carbonyl (C=O) groups is 1. The van der Waals surface area contributed by atoms with Gasteiger partial charge in [-0.25, -0.2) is 18.7 Å². The van der Waals surface area contributed by atoms with Crippen LogP contribution in [0.15, 0.2) is 48.7 Å². The van der Waals surface area contributed by atoms with Gasteiger partial charge in [0.15, 0.2) is 17.5 Å². The molecule has 0 radical (unpaired) electrons. The average molecular weight is 424 g/mol. The summed E-state index contributed by atoms with van der Waals surface area (Å²) in [5.74, 6) is -1.38. The third-order valence-corrected chi connectivity index (χ3v) is 5.21. The first-order valence-electron chi connectivity index (χ1n) is 9.83. The number of nitrogens with zero attached hydrogens (tertiary/aromatic N) is 4. The molecule has 0 aliphatic carbocycles. The number of nitrogen functional groups attached to an aromatic ring is 1. The second-order valence-corrected chi connectivity index (χ2v) is 7.41. The molecule has 1 aliphatic rings. The Morgan fingerprint density at radius 3 is 2.48 bits per heavy atom. The van der Waals surface area contributed by atoms with Gasteiger partial charge in [0.05, 0.1) is 16.9 Å². The first-order valence-corrected chi connectivity index (χ1v) is 9.83. The van der Waals surface area contributed by atoms with E-state index in [4.69, 9.17) is 5.73 Å². The van der Waals surface area contributed by atoms with Crippen LogP contribution in [-0.4, -0.2) is 54.0 Å². The number of carbonyl (C=O) groups excluding carboxylic acids is 1. The zero-order valence-corrected chi connectivity index (χ0v) is 17.0. The fourth-order valence-electron chi connectivity index (χ4n) is 3.31. The highest BCUT2D eigenvalue weighted by molar-refractivity contribution is 6.05. The van der Waals surface area contributed by atoms with Crippen LogP contribution in [0.2, 0.25) is 0 Å². The number of anilines is 3. The Labute approximate surface area is 178 Å². The molecule has 0 unspecified atom stereocenters. The molecule has 0 bridgehead atoms. The van der Waals surface area contributed by atoms with Crippen molar-refractivity contribution in [2.24, 2.45) is 0 Å². The fraction of sp³-hybridized carbons (Fsp3) is 0.227. The Kier molecular flexibility index (Phi) is 5.77. The van der Waals surface area contributed by atoms with Crippen LogP contribution in [-0.2, 0) is 0 Å². The largest absolute Gasteiger partial charge is 0.396 e. The lowest BCUT2D eigenvalue weighted by atomic mass is 10.1. The number of hydrogen-bond donors (Lipinski definition) is 2. The highest BCUT2D eigenvalue weighted by atomic mass is 19.2. The molecule has 3 heterocycles. The van der Waals surface area contributed by atoms with Crippen LogP contribution in [0.5, 0.6) is 0 Å². The van der Waals surface area contributed by atoms with Crippen molar-refractivity contribution in [3.63, 3.8) is 0 Å². The Morgan fingerprint density at radius 1 is 1.03 bits per heavy atom. The number of aromatic nitrogens is 2. The van der Waals surface area contributed by atoms with Gasteiger partial charge in [-0.3, -0.25) is 4.79 Å². The van der Waals surface area contributed by atoms with E-state index in [-0.39, 0.29) is 11.5 Å². The average Bonchev–Trinajstić information content (AvgIpc) is 2.78. The van der Waals surface area contributed by atoms with Gasteiger partial charge in [0.25, 0.3) is 5.91 Å². The Balaban J connectivity index is 1.49. The molecule has 0 spiro atoms. The summed E-state index contributed by atoms with van der Waals surface area (Å²) < 4.78 is 26.8. The molecular weight excluding hydrogens is 402 g/mol. The number of hydrogen-bond acceptors (Lipinski definition) is 6. The van der Waals surface area contributed by atoms with E-state index < -0.39 is 17.5 Å². The van der Waals surface area contributed by atoms with Crippen LogP contribution < -0.4 is 16.0 Å². The first kappa shape index (κ1) is 20.7. The van der Waals surface area contributed by atoms with Gasteiger partial charge in [-0.1, -0.05) is 0 Å². The molecule has 3 aromatic rings. The molecule has 1 amide bonds. The first-order chi connectivity index (χ1) is 14.9. The lowest BCUT2D eigenvalue weighted by molar-refractivity contribution is 0.102. The van der Waals surface area contributed by atoms with Crippen LogP contribution in [0.1, 0.15) is 10.4 Å². The Hall–Kier alpha value is -3.59. The summed E-state index contributed by atoms with van der Waals surface area (Å²) in [6, 6.07) is 10.1. The SMILES string of the molecule is CN1CCN(c2ccc(C(=O)Nc3nc(-c4ccc(F)c(F)c4)ccc3N)cn2)CC1. The van der Waals surface area contributed by atoms with E-state index in [9.17, 15) is 13.6 Å². The number of nitrogens with two attached hydrogens (primary N) is 1. The normalized spacial score (nSPS) is 14.5. The topological polar surface area (TPSA) is 87.4 Å². The molecule has 1 saturated heterocycles. The zero-order chi connectivity index (χ0) is 22.0. The minimum atomic E-state index is -0.978. The van der Waals surface area contributed by atoms with Gasteiger partial charge in [0.1, 0.15) is 5.82 Å². The van der Waals surface area contributed by atoms with Gasteiger partial charge in [-0.2, -0.15) is 0 Å². The van der Waals surface area contributed by atoms with Gasteiger partial charge in [-0.05, 0) is 49.5 Å². The van der Waals surface area contributed by atoms with Gasteiger partial charge in [0, 0.05) is 37.9 Å². The van der Waals surface area contributed by atoms with Crippen molar-refractivity contribution in [2.45, 2.75) is 0 Å². The van der Waals surface area contributed by atoms with E-state index in [1.165, 1.54) is 12.3 Å². The molecule has 160 valence electrons.